The van der Waals surface area contributed by atoms with Crippen LogP contribution in [0, 0.1) is 6.92 Å². The molecule has 0 aliphatic carbocycles. The third-order valence-corrected chi connectivity index (χ3v) is 5.88. The van der Waals surface area contributed by atoms with Gasteiger partial charge in [0.1, 0.15) is 6.61 Å². The molecule has 1 aliphatic heterocycles. The highest BCUT2D eigenvalue weighted by atomic mass is 32.1. The quantitative estimate of drug-likeness (QED) is 0.509. The summed E-state index contributed by atoms with van der Waals surface area (Å²) in [5, 5.41) is 4.00. The minimum absolute atomic E-state index is 0.0289. The van der Waals surface area contributed by atoms with Crippen LogP contribution >= 0.6 is 12.2 Å². The molecule has 3 rings (SSSR count). The molecule has 6 heteroatoms. The van der Waals surface area contributed by atoms with Gasteiger partial charge in [-0.3, -0.25) is 4.79 Å². The minimum atomic E-state index is -0.321. The zero-order chi connectivity index (χ0) is 23.3. The lowest BCUT2D eigenvalue weighted by atomic mass is 9.92. The Balaban J connectivity index is 1.91. The first kappa shape index (κ1) is 23.8. The van der Waals surface area contributed by atoms with E-state index in [0.717, 1.165) is 35.4 Å². The summed E-state index contributed by atoms with van der Waals surface area (Å²) in [6.45, 7) is 11.4. The number of nitrogens with one attached hydrogen (secondary N) is 1. The number of carbonyl (C=O) groups excluding carboxylic acids is 1. The van der Waals surface area contributed by atoms with E-state index in [-0.39, 0.29) is 11.8 Å². The smallest absolute Gasteiger partial charge is 0.173 e. The standard InChI is InChI=1S/C26H32N2O3S/c1-6-14-28-18(4)24(19(5)29)25(27-26(28)32)21-12-13-22(23(15-21)30-7-2)31-16-20-10-8-17(3)9-11-20/h8-13,15,25H,6-7,14,16H2,1-5H3,(H,27,32). The third kappa shape index (κ3) is 5.30. The Labute approximate surface area is 196 Å². The molecule has 1 unspecified atom stereocenters. The van der Waals surface area contributed by atoms with Gasteiger partial charge in [0.25, 0.3) is 0 Å². The third-order valence-electron chi connectivity index (χ3n) is 5.54. The number of nitrogens with zero attached hydrogens (tertiary/aromatic N) is 1. The summed E-state index contributed by atoms with van der Waals surface area (Å²) in [7, 11) is 0. The van der Waals surface area contributed by atoms with Gasteiger partial charge in [0.2, 0.25) is 0 Å². The average Bonchev–Trinajstić information content (AvgIpc) is 2.76. The van der Waals surface area contributed by atoms with E-state index in [1.54, 1.807) is 6.92 Å². The van der Waals surface area contributed by atoms with Crippen LogP contribution in [0.15, 0.2) is 53.7 Å². The number of carbonyl (C=O) groups is 1. The molecule has 0 saturated heterocycles. The largest absolute Gasteiger partial charge is 0.490 e. The number of ether oxygens (including phenoxy) is 2. The molecule has 1 N–H and O–H groups in total. The highest BCUT2D eigenvalue weighted by Crippen LogP contribution is 2.36. The Morgan fingerprint density at radius 2 is 1.78 bits per heavy atom. The minimum Gasteiger partial charge on any atom is -0.490 e. The molecule has 1 atom stereocenters. The topological polar surface area (TPSA) is 50.8 Å². The van der Waals surface area contributed by atoms with Crippen LogP contribution in [0.25, 0.3) is 0 Å². The molecular formula is C26H32N2O3S. The second kappa shape index (κ2) is 10.6. The maximum absolute atomic E-state index is 12.6. The highest BCUT2D eigenvalue weighted by molar-refractivity contribution is 7.80. The Bertz CT molecular complexity index is 1010. The summed E-state index contributed by atoms with van der Waals surface area (Å²) in [4.78, 5) is 14.6. The van der Waals surface area contributed by atoms with Crippen molar-refractivity contribution in [3.8, 4) is 11.5 Å². The molecule has 170 valence electrons. The summed E-state index contributed by atoms with van der Waals surface area (Å²) in [5.41, 5.74) is 4.86. The number of hydrogen-bond donors (Lipinski definition) is 1. The molecule has 0 bridgehead atoms. The van der Waals surface area contributed by atoms with Crippen molar-refractivity contribution in [2.45, 2.75) is 53.7 Å². The zero-order valence-electron chi connectivity index (χ0n) is 19.5. The predicted molar refractivity (Wildman–Crippen MR) is 132 cm³/mol. The number of benzene rings is 2. The lowest BCUT2D eigenvalue weighted by Crippen LogP contribution is -2.47. The molecular weight excluding hydrogens is 420 g/mol. The molecule has 1 aliphatic rings. The predicted octanol–water partition coefficient (Wildman–Crippen LogP) is 5.48. The fourth-order valence-corrected chi connectivity index (χ4v) is 4.26. The molecule has 2 aromatic carbocycles. The van der Waals surface area contributed by atoms with Crippen LogP contribution in [0.2, 0.25) is 0 Å². The van der Waals surface area contributed by atoms with Gasteiger partial charge in [0, 0.05) is 17.8 Å². The Morgan fingerprint density at radius 3 is 2.41 bits per heavy atom. The first-order chi connectivity index (χ1) is 15.3. The van der Waals surface area contributed by atoms with E-state index in [2.05, 4.69) is 43.4 Å². The molecule has 2 aromatic rings. The SMILES string of the molecule is CCCN1C(=S)NC(c2ccc(OCc3ccc(C)cc3)c(OCC)c2)C(C(C)=O)=C1C. The Morgan fingerprint density at radius 1 is 1.06 bits per heavy atom. The lowest BCUT2D eigenvalue weighted by Gasteiger charge is -2.37. The van der Waals surface area contributed by atoms with Gasteiger partial charge in [-0.25, -0.2) is 0 Å². The number of ketones is 1. The molecule has 0 fully saturated rings. The summed E-state index contributed by atoms with van der Waals surface area (Å²) >= 11 is 5.61. The van der Waals surface area contributed by atoms with Gasteiger partial charge in [-0.05, 0) is 69.6 Å². The van der Waals surface area contributed by atoms with Crippen molar-refractivity contribution in [3.05, 3.63) is 70.4 Å². The Hall–Kier alpha value is -2.86. The van der Waals surface area contributed by atoms with E-state index in [0.29, 0.717) is 29.8 Å². The van der Waals surface area contributed by atoms with E-state index >= 15 is 0 Å². The fraction of sp³-hybridized carbons (Fsp3) is 0.385. The fourth-order valence-electron chi connectivity index (χ4n) is 3.92. The summed E-state index contributed by atoms with van der Waals surface area (Å²) in [6, 6.07) is 13.8. The summed E-state index contributed by atoms with van der Waals surface area (Å²) in [5.74, 6) is 1.36. The van der Waals surface area contributed by atoms with Crippen LogP contribution in [-0.4, -0.2) is 28.9 Å². The number of Topliss-reactive ketones (excluding diaryl/α,β-unsaturated/α-hetero) is 1. The van der Waals surface area contributed by atoms with Crippen molar-refractivity contribution in [3.63, 3.8) is 0 Å². The monoisotopic (exact) mass is 452 g/mol. The van der Waals surface area contributed by atoms with Gasteiger partial charge in [0.15, 0.2) is 22.4 Å². The zero-order valence-corrected chi connectivity index (χ0v) is 20.3. The van der Waals surface area contributed by atoms with Crippen LogP contribution in [0.1, 0.15) is 56.8 Å². The maximum atomic E-state index is 12.6. The molecule has 0 saturated carbocycles. The molecule has 32 heavy (non-hydrogen) atoms. The molecule has 0 aromatic heterocycles. The van der Waals surface area contributed by atoms with Gasteiger partial charge in [-0.15, -0.1) is 0 Å². The average molecular weight is 453 g/mol. The van der Waals surface area contributed by atoms with Crippen molar-refractivity contribution in [2.24, 2.45) is 0 Å². The summed E-state index contributed by atoms with van der Waals surface area (Å²) < 4.78 is 12.0. The van der Waals surface area contributed by atoms with Gasteiger partial charge in [-0.2, -0.15) is 0 Å². The Kier molecular flexibility index (Phi) is 7.91. The second-order valence-electron chi connectivity index (χ2n) is 8.00. The van der Waals surface area contributed by atoms with Gasteiger partial charge < -0.3 is 19.7 Å². The number of hydrogen-bond acceptors (Lipinski definition) is 4. The highest BCUT2D eigenvalue weighted by Gasteiger charge is 2.32. The normalized spacial score (nSPS) is 16.1. The first-order valence-corrected chi connectivity index (χ1v) is 11.5. The van der Waals surface area contributed by atoms with Crippen LogP contribution in [0.5, 0.6) is 11.5 Å². The van der Waals surface area contributed by atoms with Gasteiger partial charge in [0.05, 0.1) is 12.6 Å². The van der Waals surface area contributed by atoms with E-state index in [1.165, 1.54) is 5.56 Å². The maximum Gasteiger partial charge on any atom is 0.173 e. The van der Waals surface area contributed by atoms with Gasteiger partial charge >= 0.3 is 0 Å². The number of thiocarbonyl (C=S) groups is 1. The van der Waals surface area contributed by atoms with E-state index in [4.69, 9.17) is 21.7 Å². The first-order valence-electron chi connectivity index (χ1n) is 11.1. The van der Waals surface area contributed by atoms with Crippen molar-refractivity contribution >= 4 is 23.1 Å². The number of allylic oxidation sites excluding steroid dienone is 1. The van der Waals surface area contributed by atoms with Gasteiger partial charge in [-0.1, -0.05) is 42.8 Å². The van der Waals surface area contributed by atoms with E-state index in [1.807, 2.05) is 36.9 Å². The van der Waals surface area contributed by atoms with Crippen molar-refractivity contribution in [2.75, 3.05) is 13.2 Å². The van der Waals surface area contributed by atoms with Crippen LogP contribution in [0.3, 0.4) is 0 Å². The molecule has 1 heterocycles. The van der Waals surface area contributed by atoms with Crippen molar-refractivity contribution in [1.82, 2.24) is 10.2 Å². The van der Waals surface area contributed by atoms with E-state index in [9.17, 15) is 4.79 Å². The van der Waals surface area contributed by atoms with Crippen molar-refractivity contribution < 1.29 is 14.3 Å². The molecule has 0 amide bonds. The molecule has 0 radical (unpaired) electrons. The van der Waals surface area contributed by atoms with E-state index < -0.39 is 0 Å². The summed E-state index contributed by atoms with van der Waals surface area (Å²) in [6.07, 6.45) is 0.941. The van der Waals surface area contributed by atoms with Crippen LogP contribution < -0.4 is 14.8 Å². The second-order valence-corrected chi connectivity index (χ2v) is 8.39. The number of rotatable bonds is 9. The lowest BCUT2D eigenvalue weighted by molar-refractivity contribution is -0.114. The van der Waals surface area contributed by atoms with Crippen LogP contribution in [-0.2, 0) is 11.4 Å². The van der Waals surface area contributed by atoms with Crippen molar-refractivity contribution in [1.29, 1.82) is 0 Å². The number of aryl methyl sites for hydroxylation is 1. The molecule has 0 spiro atoms. The van der Waals surface area contributed by atoms with Crippen LogP contribution in [0.4, 0.5) is 0 Å². The molecule has 5 nitrogen and oxygen atoms in total.